The van der Waals surface area contributed by atoms with Gasteiger partial charge in [-0.05, 0) is 35.7 Å². The highest BCUT2D eigenvalue weighted by molar-refractivity contribution is 5.66. The molecule has 2 N–H and O–H groups in total. The van der Waals surface area contributed by atoms with Gasteiger partial charge in [-0.3, -0.25) is 0 Å². The van der Waals surface area contributed by atoms with Crippen molar-refractivity contribution in [1.82, 2.24) is 4.90 Å². The standard InChI is InChI=1S/C17H17NO4/c19-11-12-3-1-5-14(9-12)22-16-6-2-4-13-7-8-18(17(20)21)10-15(13)16/h1-6,9,19H,7-8,10-11H2,(H,20,21). The highest BCUT2D eigenvalue weighted by Gasteiger charge is 2.22. The molecule has 0 unspecified atom stereocenters. The number of aliphatic hydroxyl groups is 1. The molecule has 0 fully saturated rings. The number of aliphatic hydroxyl groups excluding tert-OH is 1. The lowest BCUT2D eigenvalue weighted by Crippen LogP contribution is -2.34. The molecule has 114 valence electrons. The number of fused-ring (bicyclic) bond motifs is 1. The number of carboxylic acid groups (broad SMARTS) is 1. The summed E-state index contributed by atoms with van der Waals surface area (Å²) in [5.41, 5.74) is 2.80. The van der Waals surface area contributed by atoms with Gasteiger partial charge < -0.3 is 19.8 Å². The zero-order valence-corrected chi connectivity index (χ0v) is 12.0. The van der Waals surface area contributed by atoms with E-state index in [0.717, 1.165) is 16.7 Å². The number of carbonyl (C=O) groups is 1. The van der Waals surface area contributed by atoms with Crippen LogP contribution in [-0.4, -0.2) is 27.8 Å². The molecule has 22 heavy (non-hydrogen) atoms. The third kappa shape index (κ3) is 2.89. The van der Waals surface area contributed by atoms with Gasteiger partial charge in [-0.15, -0.1) is 0 Å². The average Bonchev–Trinajstić information content (AvgIpc) is 2.55. The highest BCUT2D eigenvalue weighted by atomic mass is 16.5. The van der Waals surface area contributed by atoms with Crippen molar-refractivity contribution in [3.05, 3.63) is 59.2 Å². The molecule has 0 aliphatic carbocycles. The van der Waals surface area contributed by atoms with Crippen LogP contribution >= 0.6 is 0 Å². The molecule has 5 heteroatoms. The van der Waals surface area contributed by atoms with Gasteiger partial charge in [-0.1, -0.05) is 24.3 Å². The molecule has 1 amide bonds. The van der Waals surface area contributed by atoms with E-state index in [0.29, 0.717) is 31.0 Å². The van der Waals surface area contributed by atoms with Crippen molar-refractivity contribution >= 4 is 6.09 Å². The lowest BCUT2D eigenvalue weighted by molar-refractivity contribution is 0.139. The molecule has 2 aromatic rings. The molecule has 0 atom stereocenters. The molecule has 1 heterocycles. The summed E-state index contributed by atoms with van der Waals surface area (Å²) in [4.78, 5) is 12.6. The number of rotatable bonds is 3. The molecule has 2 aromatic carbocycles. The fraction of sp³-hybridized carbons (Fsp3) is 0.235. The molecule has 0 radical (unpaired) electrons. The lowest BCUT2D eigenvalue weighted by atomic mass is 9.99. The molecule has 0 saturated carbocycles. The second kappa shape index (κ2) is 6.07. The minimum Gasteiger partial charge on any atom is -0.465 e. The van der Waals surface area contributed by atoms with Crippen LogP contribution in [0.3, 0.4) is 0 Å². The van der Waals surface area contributed by atoms with Crippen molar-refractivity contribution in [1.29, 1.82) is 0 Å². The predicted molar refractivity (Wildman–Crippen MR) is 81.0 cm³/mol. The molecule has 3 rings (SSSR count). The Morgan fingerprint density at radius 3 is 2.82 bits per heavy atom. The minimum absolute atomic E-state index is 0.0448. The maximum atomic E-state index is 11.2. The minimum atomic E-state index is -0.914. The lowest BCUT2D eigenvalue weighted by Gasteiger charge is -2.27. The first kappa shape index (κ1) is 14.4. The van der Waals surface area contributed by atoms with Crippen molar-refractivity contribution < 1.29 is 19.7 Å². The van der Waals surface area contributed by atoms with Gasteiger partial charge >= 0.3 is 6.09 Å². The quantitative estimate of drug-likeness (QED) is 0.914. The first-order valence-corrected chi connectivity index (χ1v) is 7.13. The Balaban J connectivity index is 1.90. The van der Waals surface area contributed by atoms with E-state index in [1.165, 1.54) is 4.90 Å². The number of hydrogen-bond acceptors (Lipinski definition) is 3. The molecule has 0 saturated heterocycles. The van der Waals surface area contributed by atoms with Crippen molar-refractivity contribution in [3.63, 3.8) is 0 Å². The Kier molecular flexibility index (Phi) is 3.98. The van der Waals surface area contributed by atoms with E-state index in [2.05, 4.69) is 0 Å². The second-order valence-corrected chi connectivity index (χ2v) is 5.26. The van der Waals surface area contributed by atoms with Gasteiger partial charge in [-0.2, -0.15) is 0 Å². The van der Waals surface area contributed by atoms with Crippen molar-refractivity contribution in [2.24, 2.45) is 0 Å². The third-order valence-corrected chi connectivity index (χ3v) is 3.81. The molecule has 0 aromatic heterocycles. The first-order chi connectivity index (χ1) is 10.7. The summed E-state index contributed by atoms with van der Waals surface area (Å²) in [7, 11) is 0. The molecule has 1 aliphatic heterocycles. The molecular formula is C17H17NO4. The zero-order chi connectivity index (χ0) is 15.5. The van der Waals surface area contributed by atoms with Gasteiger partial charge in [0.1, 0.15) is 11.5 Å². The summed E-state index contributed by atoms with van der Waals surface area (Å²) in [6.45, 7) is 0.795. The smallest absolute Gasteiger partial charge is 0.407 e. The van der Waals surface area contributed by atoms with Crippen LogP contribution in [0.25, 0.3) is 0 Å². The fourth-order valence-electron chi connectivity index (χ4n) is 2.64. The monoisotopic (exact) mass is 299 g/mol. The second-order valence-electron chi connectivity index (χ2n) is 5.26. The number of hydrogen-bond donors (Lipinski definition) is 2. The van der Waals surface area contributed by atoms with Crippen LogP contribution in [0, 0.1) is 0 Å². The number of nitrogens with zero attached hydrogens (tertiary/aromatic N) is 1. The van der Waals surface area contributed by atoms with Gasteiger partial charge in [-0.25, -0.2) is 4.79 Å². The van der Waals surface area contributed by atoms with E-state index in [1.54, 1.807) is 6.07 Å². The summed E-state index contributed by atoms with van der Waals surface area (Å²) in [6.07, 6.45) is -0.224. The number of ether oxygens (including phenoxy) is 1. The summed E-state index contributed by atoms with van der Waals surface area (Å²) in [6, 6.07) is 13.0. The third-order valence-electron chi connectivity index (χ3n) is 3.81. The SMILES string of the molecule is O=C(O)N1CCc2cccc(Oc3cccc(CO)c3)c2C1. The molecule has 1 aliphatic rings. The van der Waals surface area contributed by atoms with E-state index in [9.17, 15) is 15.0 Å². The van der Waals surface area contributed by atoms with E-state index >= 15 is 0 Å². The van der Waals surface area contributed by atoms with Crippen LogP contribution in [-0.2, 0) is 19.6 Å². The molecular weight excluding hydrogens is 282 g/mol. The normalized spacial score (nSPS) is 13.6. The largest absolute Gasteiger partial charge is 0.465 e. The predicted octanol–water partition coefficient (Wildman–Crippen LogP) is 3.01. The van der Waals surface area contributed by atoms with Crippen LogP contribution in [0.1, 0.15) is 16.7 Å². The maximum Gasteiger partial charge on any atom is 0.407 e. The van der Waals surface area contributed by atoms with Crippen LogP contribution < -0.4 is 4.74 Å². The summed E-state index contributed by atoms with van der Waals surface area (Å²) in [5.74, 6) is 1.30. The summed E-state index contributed by atoms with van der Waals surface area (Å²) < 4.78 is 5.92. The van der Waals surface area contributed by atoms with Crippen molar-refractivity contribution in [2.75, 3.05) is 6.54 Å². The van der Waals surface area contributed by atoms with Gasteiger partial charge in [0.05, 0.1) is 13.2 Å². The molecule has 0 spiro atoms. The topological polar surface area (TPSA) is 70.0 Å². The van der Waals surface area contributed by atoms with Gasteiger partial charge in [0.2, 0.25) is 0 Å². The molecule has 5 nitrogen and oxygen atoms in total. The van der Waals surface area contributed by atoms with Crippen molar-refractivity contribution in [3.8, 4) is 11.5 Å². The highest BCUT2D eigenvalue weighted by Crippen LogP contribution is 2.32. The Morgan fingerprint density at radius 1 is 1.23 bits per heavy atom. The van der Waals surface area contributed by atoms with Gasteiger partial charge in [0.15, 0.2) is 0 Å². The molecule has 0 bridgehead atoms. The Hall–Kier alpha value is -2.53. The Morgan fingerprint density at radius 2 is 2.05 bits per heavy atom. The maximum absolute atomic E-state index is 11.2. The van der Waals surface area contributed by atoms with Crippen LogP contribution in [0.5, 0.6) is 11.5 Å². The number of benzene rings is 2. The van der Waals surface area contributed by atoms with E-state index in [-0.39, 0.29) is 6.61 Å². The first-order valence-electron chi connectivity index (χ1n) is 7.13. The Bertz CT molecular complexity index is 699. The van der Waals surface area contributed by atoms with Crippen molar-refractivity contribution in [2.45, 2.75) is 19.6 Å². The fourth-order valence-corrected chi connectivity index (χ4v) is 2.64. The number of amides is 1. The average molecular weight is 299 g/mol. The van der Waals surface area contributed by atoms with Crippen LogP contribution in [0.4, 0.5) is 4.79 Å². The van der Waals surface area contributed by atoms with E-state index < -0.39 is 6.09 Å². The van der Waals surface area contributed by atoms with Crippen LogP contribution in [0.2, 0.25) is 0 Å². The van der Waals surface area contributed by atoms with Gasteiger partial charge in [0.25, 0.3) is 0 Å². The van der Waals surface area contributed by atoms with Crippen LogP contribution in [0.15, 0.2) is 42.5 Å². The van der Waals surface area contributed by atoms with Gasteiger partial charge in [0, 0.05) is 12.1 Å². The summed E-state index contributed by atoms with van der Waals surface area (Å²) in [5, 5.41) is 18.4. The van der Waals surface area contributed by atoms with E-state index in [1.807, 2.05) is 36.4 Å². The zero-order valence-electron chi connectivity index (χ0n) is 12.0. The summed E-state index contributed by atoms with van der Waals surface area (Å²) >= 11 is 0. The van der Waals surface area contributed by atoms with E-state index in [4.69, 9.17) is 4.74 Å². The Labute approximate surface area is 128 Å².